The van der Waals surface area contributed by atoms with Crippen LogP contribution in [0.15, 0.2) is 29.4 Å². The van der Waals surface area contributed by atoms with Gasteiger partial charge < -0.3 is 9.74 Å². The molecule has 20 heavy (non-hydrogen) atoms. The number of nitrogens with zero attached hydrogens (tertiary/aromatic N) is 2. The number of benzene rings is 1. The summed E-state index contributed by atoms with van der Waals surface area (Å²) in [4.78, 5) is 19.5. The Morgan fingerprint density at radius 2 is 2.15 bits per heavy atom. The molecule has 0 N–H and O–H groups in total. The van der Waals surface area contributed by atoms with Crippen molar-refractivity contribution in [3.05, 3.63) is 35.6 Å². The summed E-state index contributed by atoms with van der Waals surface area (Å²) < 4.78 is 13.2. The van der Waals surface area contributed by atoms with E-state index in [9.17, 15) is 9.18 Å². The monoisotopic (exact) mass is 278 g/mol. The van der Waals surface area contributed by atoms with E-state index in [1.54, 1.807) is 24.0 Å². The fourth-order valence-corrected chi connectivity index (χ4v) is 2.32. The zero-order valence-electron chi connectivity index (χ0n) is 12.0. The van der Waals surface area contributed by atoms with Crippen molar-refractivity contribution in [3.8, 4) is 0 Å². The lowest BCUT2D eigenvalue weighted by molar-refractivity contribution is -0.152. The molecule has 5 heteroatoms. The Hall–Kier alpha value is -1.91. The second kappa shape index (κ2) is 5.61. The molecule has 0 saturated heterocycles. The number of rotatable bonds is 4. The van der Waals surface area contributed by atoms with Crippen LogP contribution in [0.2, 0.25) is 0 Å². The van der Waals surface area contributed by atoms with Gasteiger partial charge in [-0.15, -0.1) is 0 Å². The van der Waals surface area contributed by atoms with Crippen molar-refractivity contribution in [2.75, 3.05) is 13.1 Å². The molecule has 0 bridgehead atoms. The van der Waals surface area contributed by atoms with Crippen molar-refractivity contribution in [1.29, 1.82) is 0 Å². The summed E-state index contributed by atoms with van der Waals surface area (Å²) in [6.07, 6.45) is 0.353. The van der Waals surface area contributed by atoms with Crippen LogP contribution in [-0.2, 0) is 9.63 Å². The first-order valence-electron chi connectivity index (χ1n) is 6.80. The first-order valence-corrected chi connectivity index (χ1v) is 6.80. The summed E-state index contributed by atoms with van der Waals surface area (Å²) in [5, 5.41) is 3.97. The molecule has 2 rings (SSSR count). The fraction of sp³-hybridized carbons (Fsp3) is 0.467. The molecule has 1 aromatic carbocycles. The van der Waals surface area contributed by atoms with Crippen LogP contribution >= 0.6 is 0 Å². The van der Waals surface area contributed by atoms with Gasteiger partial charge in [-0.3, -0.25) is 4.79 Å². The Balaban J connectivity index is 2.16. The minimum absolute atomic E-state index is 0.0855. The first-order chi connectivity index (χ1) is 9.50. The predicted octanol–water partition coefficient (Wildman–Crippen LogP) is 2.58. The molecule has 1 atom stereocenters. The molecule has 0 spiro atoms. The van der Waals surface area contributed by atoms with Crippen molar-refractivity contribution in [2.24, 2.45) is 5.16 Å². The van der Waals surface area contributed by atoms with Gasteiger partial charge in [0.25, 0.3) is 5.91 Å². The van der Waals surface area contributed by atoms with E-state index in [-0.39, 0.29) is 11.7 Å². The van der Waals surface area contributed by atoms with E-state index in [4.69, 9.17) is 4.84 Å². The molecule has 0 aromatic heterocycles. The van der Waals surface area contributed by atoms with Gasteiger partial charge in [-0.05, 0) is 32.9 Å². The molecular formula is C15H19FN2O2. The third kappa shape index (κ3) is 2.66. The molecule has 0 fully saturated rings. The molecule has 1 aliphatic rings. The molecule has 108 valence electrons. The van der Waals surface area contributed by atoms with E-state index >= 15 is 0 Å². The maximum atomic E-state index is 13.2. The average Bonchev–Trinajstić information content (AvgIpc) is 2.84. The van der Waals surface area contributed by atoms with E-state index in [0.717, 1.165) is 0 Å². The Kier molecular flexibility index (Phi) is 4.06. The molecule has 0 unspecified atom stereocenters. The lowest BCUT2D eigenvalue weighted by atomic mass is 9.94. The highest BCUT2D eigenvalue weighted by molar-refractivity contribution is 6.05. The van der Waals surface area contributed by atoms with Gasteiger partial charge in [0.1, 0.15) is 5.82 Å². The maximum absolute atomic E-state index is 13.2. The summed E-state index contributed by atoms with van der Waals surface area (Å²) in [6.45, 7) is 6.83. The molecule has 0 saturated carbocycles. The van der Waals surface area contributed by atoms with Gasteiger partial charge in [0.2, 0.25) is 5.60 Å². The average molecular weight is 278 g/mol. The van der Waals surface area contributed by atoms with Crippen molar-refractivity contribution >= 4 is 11.6 Å². The molecular weight excluding hydrogens is 259 g/mol. The number of likely N-dealkylation sites (N-methyl/N-ethyl adjacent to an activating group) is 1. The van der Waals surface area contributed by atoms with E-state index < -0.39 is 5.60 Å². The Labute approximate surface area is 118 Å². The zero-order valence-corrected chi connectivity index (χ0v) is 12.0. The molecule has 0 radical (unpaired) electrons. The van der Waals surface area contributed by atoms with E-state index in [2.05, 4.69) is 5.16 Å². The smallest absolute Gasteiger partial charge is 0.269 e. The minimum atomic E-state index is -0.992. The summed E-state index contributed by atoms with van der Waals surface area (Å²) in [7, 11) is 0. The fourth-order valence-electron chi connectivity index (χ4n) is 2.32. The van der Waals surface area contributed by atoms with Crippen molar-refractivity contribution in [1.82, 2.24) is 4.90 Å². The van der Waals surface area contributed by atoms with Gasteiger partial charge in [0.05, 0.1) is 5.71 Å². The number of amides is 1. The summed E-state index contributed by atoms with van der Waals surface area (Å²) in [5.74, 6) is -0.411. The number of carbonyl (C=O) groups is 1. The Bertz CT molecular complexity index is 540. The largest absolute Gasteiger partial charge is 0.379 e. The minimum Gasteiger partial charge on any atom is -0.379 e. The van der Waals surface area contributed by atoms with Crippen LogP contribution in [0.4, 0.5) is 4.39 Å². The van der Waals surface area contributed by atoms with E-state index in [1.807, 2.05) is 13.8 Å². The molecule has 1 amide bonds. The van der Waals surface area contributed by atoms with Gasteiger partial charge in [-0.1, -0.05) is 17.3 Å². The summed E-state index contributed by atoms with van der Waals surface area (Å²) >= 11 is 0. The van der Waals surface area contributed by atoms with Crippen LogP contribution in [0.5, 0.6) is 0 Å². The number of halogens is 1. The van der Waals surface area contributed by atoms with Crippen LogP contribution in [-0.4, -0.2) is 35.2 Å². The van der Waals surface area contributed by atoms with Crippen LogP contribution < -0.4 is 0 Å². The van der Waals surface area contributed by atoms with Crippen LogP contribution in [0.1, 0.15) is 32.8 Å². The first kappa shape index (κ1) is 14.5. The number of oxime groups is 1. The van der Waals surface area contributed by atoms with E-state index in [0.29, 0.717) is 30.8 Å². The lowest BCUT2D eigenvalue weighted by Crippen LogP contribution is -2.47. The number of hydrogen-bond donors (Lipinski definition) is 0. The second-order valence-electron chi connectivity index (χ2n) is 5.02. The van der Waals surface area contributed by atoms with Gasteiger partial charge in [-0.2, -0.15) is 0 Å². The zero-order chi connectivity index (χ0) is 14.8. The second-order valence-corrected chi connectivity index (χ2v) is 5.02. The van der Waals surface area contributed by atoms with Crippen LogP contribution in [0, 0.1) is 5.82 Å². The summed E-state index contributed by atoms with van der Waals surface area (Å²) in [6, 6.07) is 6.16. The predicted molar refractivity (Wildman–Crippen MR) is 75.0 cm³/mol. The van der Waals surface area contributed by atoms with Crippen molar-refractivity contribution in [2.45, 2.75) is 32.8 Å². The standard InChI is InChI=1S/C15H19FN2O2/c1-4-18(5-2)14(19)15(3)10-13(17-20-15)11-7-6-8-12(16)9-11/h6-9H,4-5,10H2,1-3H3/t15-/m0/s1. The van der Waals surface area contributed by atoms with E-state index in [1.165, 1.54) is 12.1 Å². The van der Waals surface area contributed by atoms with Gasteiger partial charge >= 0.3 is 0 Å². The molecule has 1 aliphatic heterocycles. The van der Waals surface area contributed by atoms with Gasteiger partial charge in [-0.25, -0.2) is 4.39 Å². The highest BCUT2D eigenvalue weighted by atomic mass is 19.1. The highest BCUT2D eigenvalue weighted by Gasteiger charge is 2.44. The molecule has 1 aromatic rings. The molecule has 4 nitrogen and oxygen atoms in total. The Morgan fingerprint density at radius 1 is 1.45 bits per heavy atom. The molecule has 0 aliphatic carbocycles. The topological polar surface area (TPSA) is 41.9 Å². The third-order valence-corrected chi connectivity index (χ3v) is 3.52. The highest BCUT2D eigenvalue weighted by Crippen LogP contribution is 2.28. The third-order valence-electron chi connectivity index (χ3n) is 3.52. The number of hydrogen-bond acceptors (Lipinski definition) is 3. The number of carbonyl (C=O) groups excluding carboxylic acids is 1. The maximum Gasteiger partial charge on any atom is 0.269 e. The van der Waals surface area contributed by atoms with Crippen molar-refractivity contribution < 1.29 is 14.0 Å². The van der Waals surface area contributed by atoms with Crippen LogP contribution in [0.3, 0.4) is 0 Å². The van der Waals surface area contributed by atoms with Gasteiger partial charge in [0, 0.05) is 25.1 Å². The summed E-state index contributed by atoms with van der Waals surface area (Å²) in [5.41, 5.74) is 0.266. The lowest BCUT2D eigenvalue weighted by Gasteiger charge is -2.28. The van der Waals surface area contributed by atoms with Crippen molar-refractivity contribution in [3.63, 3.8) is 0 Å². The SMILES string of the molecule is CCN(CC)C(=O)[C@]1(C)CC(c2cccc(F)c2)=NO1. The van der Waals surface area contributed by atoms with Gasteiger partial charge in [0.15, 0.2) is 0 Å². The quantitative estimate of drug-likeness (QED) is 0.849. The van der Waals surface area contributed by atoms with Crippen LogP contribution in [0.25, 0.3) is 0 Å². The molecule has 1 heterocycles. The Morgan fingerprint density at radius 3 is 2.75 bits per heavy atom. The normalized spacial score (nSPS) is 21.3.